The van der Waals surface area contributed by atoms with E-state index in [4.69, 9.17) is 16.3 Å². The number of halogens is 2. The Labute approximate surface area is 157 Å². The van der Waals surface area contributed by atoms with E-state index in [1.54, 1.807) is 6.07 Å². The van der Waals surface area contributed by atoms with Crippen molar-refractivity contribution in [3.05, 3.63) is 52.1 Å². The third kappa shape index (κ3) is 4.25. The molecule has 1 N–H and O–H groups in total. The standard InChI is InChI=1S/C19H22ClFN2O3/c1-10(2)23-11(3)8-15(12(23)4)19(25)26-13(5)18(24)22-17-7-6-14(21)9-16(17)20/h6-10,13H,1-5H3,(H,22,24)/t13-/m1/s1. The van der Waals surface area contributed by atoms with Crippen LogP contribution in [0.1, 0.15) is 48.6 Å². The van der Waals surface area contributed by atoms with Gasteiger partial charge in [-0.3, -0.25) is 4.79 Å². The van der Waals surface area contributed by atoms with E-state index in [1.165, 1.54) is 19.1 Å². The van der Waals surface area contributed by atoms with Crippen molar-refractivity contribution in [3.63, 3.8) is 0 Å². The van der Waals surface area contributed by atoms with Gasteiger partial charge >= 0.3 is 5.97 Å². The minimum atomic E-state index is -1.04. The number of anilines is 1. The molecule has 5 nitrogen and oxygen atoms in total. The van der Waals surface area contributed by atoms with Gasteiger partial charge in [-0.05, 0) is 58.9 Å². The fraction of sp³-hybridized carbons (Fsp3) is 0.368. The summed E-state index contributed by atoms with van der Waals surface area (Å²) in [7, 11) is 0. The second-order valence-electron chi connectivity index (χ2n) is 6.41. The third-order valence-electron chi connectivity index (χ3n) is 4.06. The molecule has 0 aliphatic rings. The molecule has 26 heavy (non-hydrogen) atoms. The van der Waals surface area contributed by atoms with E-state index in [1.807, 2.05) is 32.3 Å². The largest absolute Gasteiger partial charge is 0.449 e. The van der Waals surface area contributed by atoms with Crippen molar-refractivity contribution in [2.24, 2.45) is 0 Å². The molecule has 2 rings (SSSR count). The molecule has 0 radical (unpaired) electrons. The Hall–Kier alpha value is -2.34. The van der Waals surface area contributed by atoms with Crippen molar-refractivity contribution in [2.45, 2.75) is 46.8 Å². The van der Waals surface area contributed by atoms with E-state index < -0.39 is 23.8 Å². The Morgan fingerprint density at radius 2 is 1.85 bits per heavy atom. The number of hydrogen-bond acceptors (Lipinski definition) is 3. The predicted molar refractivity (Wildman–Crippen MR) is 99.2 cm³/mol. The summed E-state index contributed by atoms with van der Waals surface area (Å²) in [6.07, 6.45) is -1.04. The molecule has 0 bridgehead atoms. The fourth-order valence-electron chi connectivity index (χ4n) is 2.88. The number of nitrogens with one attached hydrogen (secondary N) is 1. The van der Waals surface area contributed by atoms with Crippen molar-refractivity contribution >= 4 is 29.2 Å². The van der Waals surface area contributed by atoms with Gasteiger partial charge in [-0.1, -0.05) is 11.6 Å². The Bertz CT molecular complexity index is 846. The number of benzene rings is 1. The lowest BCUT2D eigenvalue weighted by molar-refractivity contribution is -0.123. The lowest BCUT2D eigenvalue weighted by Crippen LogP contribution is -2.30. The molecule has 1 aromatic carbocycles. The van der Waals surface area contributed by atoms with Gasteiger partial charge in [0.05, 0.1) is 16.3 Å². The molecule has 7 heteroatoms. The van der Waals surface area contributed by atoms with Gasteiger partial charge in [0.25, 0.3) is 5.91 Å². The third-order valence-corrected chi connectivity index (χ3v) is 4.38. The van der Waals surface area contributed by atoms with Crippen LogP contribution in [-0.4, -0.2) is 22.5 Å². The number of rotatable bonds is 5. The van der Waals surface area contributed by atoms with Crippen molar-refractivity contribution in [1.82, 2.24) is 4.57 Å². The van der Waals surface area contributed by atoms with Crippen LogP contribution in [-0.2, 0) is 9.53 Å². The Balaban J connectivity index is 2.09. The SMILES string of the molecule is Cc1cc(C(=O)O[C@H](C)C(=O)Nc2ccc(F)cc2Cl)c(C)n1C(C)C. The zero-order valence-corrected chi connectivity index (χ0v) is 16.1. The number of amides is 1. The summed E-state index contributed by atoms with van der Waals surface area (Å²) >= 11 is 5.89. The first-order chi connectivity index (χ1) is 12.1. The van der Waals surface area contributed by atoms with Crippen LogP contribution in [0.4, 0.5) is 10.1 Å². The molecular formula is C19H22ClFN2O3. The highest BCUT2D eigenvalue weighted by Gasteiger charge is 2.23. The minimum absolute atomic E-state index is 0.0670. The number of esters is 1. The van der Waals surface area contributed by atoms with E-state index in [0.29, 0.717) is 5.56 Å². The Morgan fingerprint density at radius 1 is 1.19 bits per heavy atom. The van der Waals surface area contributed by atoms with Crippen LogP contribution in [0.3, 0.4) is 0 Å². The molecule has 0 aliphatic carbocycles. The summed E-state index contributed by atoms with van der Waals surface area (Å²) in [5.74, 6) is -1.63. The number of carbonyl (C=O) groups is 2. The number of carbonyl (C=O) groups excluding carboxylic acids is 2. The first-order valence-corrected chi connectivity index (χ1v) is 8.65. The zero-order chi connectivity index (χ0) is 19.6. The van der Waals surface area contributed by atoms with Crippen molar-refractivity contribution in [2.75, 3.05) is 5.32 Å². The summed E-state index contributed by atoms with van der Waals surface area (Å²) in [4.78, 5) is 24.7. The van der Waals surface area contributed by atoms with Gasteiger partial charge in [0, 0.05) is 17.4 Å². The van der Waals surface area contributed by atoms with Gasteiger partial charge in [-0.25, -0.2) is 9.18 Å². The van der Waals surface area contributed by atoms with Gasteiger partial charge in [0.2, 0.25) is 0 Å². The summed E-state index contributed by atoms with van der Waals surface area (Å²) in [5, 5.41) is 2.59. The van der Waals surface area contributed by atoms with Gasteiger partial charge in [-0.15, -0.1) is 0 Å². The maximum Gasteiger partial charge on any atom is 0.340 e. The average molecular weight is 381 g/mol. The topological polar surface area (TPSA) is 60.3 Å². The lowest BCUT2D eigenvalue weighted by Gasteiger charge is -2.15. The number of nitrogens with zero attached hydrogens (tertiary/aromatic N) is 1. The van der Waals surface area contributed by atoms with E-state index in [2.05, 4.69) is 5.32 Å². The van der Waals surface area contributed by atoms with E-state index in [0.717, 1.165) is 17.5 Å². The number of hydrogen-bond donors (Lipinski definition) is 1. The quantitative estimate of drug-likeness (QED) is 0.767. The highest BCUT2D eigenvalue weighted by atomic mass is 35.5. The molecule has 0 unspecified atom stereocenters. The summed E-state index contributed by atoms with van der Waals surface area (Å²) in [5.41, 5.74) is 2.41. The highest BCUT2D eigenvalue weighted by molar-refractivity contribution is 6.33. The molecule has 1 amide bonds. The molecule has 1 aromatic heterocycles. The van der Waals surface area contributed by atoms with Crippen molar-refractivity contribution in [1.29, 1.82) is 0 Å². The second-order valence-corrected chi connectivity index (χ2v) is 6.82. The summed E-state index contributed by atoms with van der Waals surface area (Å²) in [6.45, 7) is 9.27. The molecule has 0 aliphatic heterocycles. The maximum atomic E-state index is 13.1. The normalized spacial score (nSPS) is 12.2. The molecule has 1 atom stereocenters. The van der Waals surface area contributed by atoms with Crippen LogP contribution in [0.25, 0.3) is 0 Å². The Morgan fingerprint density at radius 3 is 2.38 bits per heavy atom. The summed E-state index contributed by atoms with van der Waals surface area (Å²) < 4.78 is 20.4. The lowest BCUT2D eigenvalue weighted by atomic mass is 10.2. The van der Waals surface area contributed by atoms with Crippen LogP contribution in [0.2, 0.25) is 5.02 Å². The molecule has 140 valence electrons. The molecule has 0 saturated carbocycles. The summed E-state index contributed by atoms with van der Waals surface area (Å²) in [6, 6.07) is 5.57. The first kappa shape index (κ1) is 20.0. The van der Waals surface area contributed by atoms with Crippen LogP contribution < -0.4 is 5.32 Å². The van der Waals surface area contributed by atoms with Crippen molar-refractivity contribution in [3.8, 4) is 0 Å². The predicted octanol–water partition coefficient (Wildman–Crippen LogP) is 4.66. The smallest absolute Gasteiger partial charge is 0.340 e. The van der Waals surface area contributed by atoms with Gasteiger partial charge in [0.1, 0.15) is 5.82 Å². The fourth-order valence-corrected chi connectivity index (χ4v) is 3.10. The van der Waals surface area contributed by atoms with Crippen LogP contribution in [0.5, 0.6) is 0 Å². The van der Waals surface area contributed by atoms with Gasteiger partial charge in [-0.2, -0.15) is 0 Å². The monoisotopic (exact) mass is 380 g/mol. The van der Waals surface area contributed by atoms with Gasteiger partial charge in [0.15, 0.2) is 6.10 Å². The van der Waals surface area contributed by atoms with Crippen molar-refractivity contribution < 1.29 is 18.7 Å². The zero-order valence-electron chi connectivity index (χ0n) is 15.4. The molecule has 0 spiro atoms. The minimum Gasteiger partial charge on any atom is -0.449 e. The molecule has 0 fully saturated rings. The highest BCUT2D eigenvalue weighted by Crippen LogP contribution is 2.24. The van der Waals surface area contributed by atoms with E-state index in [-0.39, 0.29) is 16.8 Å². The van der Waals surface area contributed by atoms with E-state index in [9.17, 15) is 14.0 Å². The van der Waals surface area contributed by atoms with Crippen LogP contribution in [0, 0.1) is 19.7 Å². The molecule has 1 heterocycles. The molecule has 0 saturated heterocycles. The number of ether oxygens (including phenoxy) is 1. The maximum absolute atomic E-state index is 13.1. The second kappa shape index (κ2) is 7.91. The van der Waals surface area contributed by atoms with Crippen LogP contribution in [0.15, 0.2) is 24.3 Å². The first-order valence-electron chi connectivity index (χ1n) is 8.27. The van der Waals surface area contributed by atoms with E-state index >= 15 is 0 Å². The molecule has 2 aromatic rings. The molecular weight excluding hydrogens is 359 g/mol. The number of aromatic nitrogens is 1. The van der Waals surface area contributed by atoms with Crippen LogP contribution >= 0.6 is 11.6 Å². The average Bonchev–Trinajstić information content (AvgIpc) is 2.84. The number of aryl methyl sites for hydroxylation is 1. The van der Waals surface area contributed by atoms with Gasteiger partial charge < -0.3 is 14.6 Å². The Kier molecular flexibility index (Phi) is 6.08.